The van der Waals surface area contributed by atoms with Crippen molar-refractivity contribution in [3.05, 3.63) is 41.2 Å². The van der Waals surface area contributed by atoms with Gasteiger partial charge in [0.25, 0.3) is 0 Å². The maximum absolute atomic E-state index is 12.7. The topological polar surface area (TPSA) is 0 Å². The summed E-state index contributed by atoms with van der Waals surface area (Å²) < 4.78 is 12.7. The van der Waals surface area contributed by atoms with Gasteiger partial charge in [0.15, 0.2) is 0 Å². The summed E-state index contributed by atoms with van der Waals surface area (Å²) >= 11 is 0. The zero-order valence-corrected chi connectivity index (χ0v) is 6.18. The van der Waals surface area contributed by atoms with Crippen LogP contribution in [0.4, 0.5) is 4.39 Å². The lowest BCUT2D eigenvalue weighted by molar-refractivity contribution is 0.591. The van der Waals surface area contributed by atoms with Crippen molar-refractivity contribution in [2.45, 2.75) is 12.8 Å². The molecule has 0 heterocycles. The monoisotopic (exact) mass is 148 g/mol. The van der Waals surface area contributed by atoms with Gasteiger partial charge in [-0.3, -0.25) is 0 Å². The highest BCUT2D eigenvalue weighted by Gasteiger charge is 2.07. The van der Waals surface area contributed by atoms with E-state index in [2.05, 4.69) is 6.07 Å². The first kappa shape index (κ1) is 6.59. The lowest BCUT2D eigenvalue weighted by Crippen LogP contribution is -1.95. The maximum Gasteiger partial charge on any atom is 0.101 e. The summed E-state index contributed by atoms with van der Waals surface area (Å²) in [5, 5.41) is 0. The van der Waals surface area contributed by atoms with E-state index in [4.69, 9.17) is 0 Å². The van der Waals surface area contributed by atoms with Gasteiger partial charge in [-0.1, -0.05) is 24.3 Å². The lowest BCUT2D eigenvalue weighted by Gasteiger charge is -2.10. The number of benzene rings is 1. The Morgan fingerprint density at radius 3 is 2.82 bits per heavy atom. The first-order valence-electron chi connectivity index (χ1n) is 3.80. The van der Waals surface area contributed by atoms with Gasteiger partial charge >= 0.3 is 0 Å². The van der Waals surface area contributed by atoms with Crippen molar-refractivity contribution in [3.63, 3.8) is 0 Å². The summed E-state index contributed by atoms with van der Waals surface area (Å²) in [7, 11) is 0. The van der Waals surface area contributed by atoms with Gasteiger partial charge in [-0.15, -0.1) is 0 Å². The molecule has 0 aromatic heterocycles. The molecule has 56 valence electrons. The second kappa shape index (κ2) is 2.50. The van der Waals surface area contributed by atoms with Gasteiger partial charge in [0.2, 0.25) is 0 Å². The summed E-state index contributed by atoms with van der Waals surface area (Å²) in [5.74, 6) is 0.00343. The maximum atomic E-state index is 12.7. The smallest absolute Gasteiger partial charge is 0.101 e. The third kappa shape index (κ3) is 1.18. The van der Waals surface area contributed by atoms with Crippen molar-refractivity contribution in [1.82, 2.24) is 0 Å². The van der Waals surface area contributed by atoms with E-state index >= 15 is 0 Å². The highest BCUT2D eigenvalue weighted by molar-refractivity contribution is 5.57. The number of fused-ring (bicyclic) bond motifs is 1. The van der Waals surface area contributed by atoms with Crippen LogP contribution < -0.4 is 0 Å². The fourth-order valence-electron chi connectivity index (χ4n) is 1.40. The molecule has 1 aliphatic carbocycles. The summed E-state index contributed by atoms with van der Waals surface area (Å²) in [5.41, 5.74) is 2.30. The second-order valence-electron chi connectivity index (χ2n) is 2.79. The molecule has 1 heteroatoms. The standard InChI is InChI=1S/C10H9F/c11-10-6-5-8-3-1-2-4-9(8)7-10/h1-4,7H,5-6H2. The Morgan fingerprint density at radius 1 is 1.09 bits per heavy atom. The van der Waals surface area contributed by atoms with E-state index in [0.717, 1.165) is 12.0 Å². The van der Waals surface area contributed by atoms with Gasteiger partial charge in [-0.2, -0.15) is 0 Å². The van der Waals surface area contributed by atoms with Gasteiger partial charge < -0.3 is 0 Å². The minimum atomic E-state index is 0.00343. The SMILES string of the molecule is FC1=Cc2ccccc2CC1. The molecular formula is C10H9F. The van der Waals surface area contributed by atoms with E-state index in [9.17, 15) is 4.39 Å². The molecular weight excluding hydrogens is 139 g/mol. The van der Waals surface area contributed by atoms with Crippen LogP contribution in [0.25, 0.3) is 6.08 Å². The molecule has 0 bridgehead atoms. The summed E-state index contributed by atoms with van der Waals surface area (Å²) in [6.45, 7) is 0. The van der Waals surface area contributed by atoms with Crippen LogP contribution in [0.3, 0.4) is 0 Å². The zero-order valence-electron chi connectivity index (χ0n) is 6.18. The Labute approximate surface area is 65.4 Å². The van der Waals surface area contributed by atoms with E-state index in [1.54, 1.807) is 6.08 Å². The van der Waals surface area contributed by atoms with Crippen molar-refractivity contribution in [3.8, 4) is 0 Å². The molecule has 1 aromatic carbocycles. The Morgan fingerprint density at radius 2 is 1.91 bits per heavy atom. The van der Waals surface area contributed by atoms with Crippen LogP contribution in [-0.2, 0) is 6.42 Å². The molecule has 0 unspecified atom stereocenters. The molecule has 0 saturated carbocycles. The van der Waals surface area contributed by atoms with Crippen LogP contribution in [0.1, 0.15) is 17.5 Å². The average Bonchev–Trinajstić information content (AvgIpc) is 2.04. The Balaban J connectivity index is 2.51. The third-order valence-electron chi connectivity index (χ3n) is 2.00. The molecule has 1 aromatic rings. The van der Waals surface area contributed by atoms with Gasteiger partial charge in [0.1, 0.15) is 5.83 Å². The molecule has 0 saturated heterocycles. The predicted octanol–water partition coefficient (Wildman–Crippen LogP) is 2.94. The molecule has 0 aliphatic heterocycles. The number of allylic oxidation sites excluding steroid dienone is 1. The van der Waals surface area contributed by atoms with Crippen LogP contribution >= 0.6 is 0 Å². The molecule has 2 rings (SSSR count). The van der Waals surface area contributed by atoms with Crippen molar-refractivity contribution in [2.75, 3.05) is 0 Å². The molecule has 0 nitrogen and oxygen atoms in total. The van der Waals surface area contributed by atoms with E-state index < -0.39 is 0 Å². The molecule has 0 N–H and O–H groups in total. The zero-order chi connectivity index (χ0) is 7.68. The van der Waals surface area contributed by atoms with Crippen molar-refractivity contribution >= 4 is 6.08 Å². The third-order valence-corrected chi connectivity index (χ3v) is 2.00. The lowest BCUT2D eigenvalue weighted by atomic mass is 9.97. The fourth-order valence-corrected chi connectivity index (χ4v) is 1.40. The number of aryl methyl sites for hydroxylation is 1. The van der Waals surface area contributed by atoms with Crippen LogP contribution in [0, 0.1) is 0 Å². The Bertz CT molecular complexity index is 299. The van der Waals surface area contributed by atoms with Gasteiger partial charge in [0.05, 0.1) is 0 Å². The molecule has 11 heavy (non-hydrogen) atoms. The normalized spacial score (nSPS) is 15.5. The van der Waals surface area contributed by atoms with E-state index in [0.29, 0.717) is 6.42 Å². The molecule has 0 fully saturated rings. The summed E-state index contributed by atoms with van der Waals surface area (Å²) in [4.78, 5) is 0. The number of halogens is 1. The second-order valence-corrected chi connectivity index (χ2v) is 2.79. The van der Waals surface area contributed by atoms with Crippen LogP contribution in [0.5, 0.6) is 0 Å². The minimum absolute atomic E-state index is 0.00343. The predicted molar refractivity (Wildman–Crippen MR) is 43.8 cm³/mol. The number of hydrogen-bond donors (Lipinski definition) is 0. The van der Waals surface area contributed by atoms with Crippen LogP contribution in [0.15, 0.2) is 30.1 Å². The minimum Gasteiger partial charge on any atom is -0.212 e. The fraction of sp³-hybridized carbons (Fsp3) is 0.200. The van der Waals surface area contributed by atoms with E-state index in [1.807, 2.05) is 18.2 Å². The van der Waals surface area contributed by atoms with Crippen molar-refractivity contribution in [2.24, 2.45) is 0 Å². The van der Waals surface area contributed by atoms with E-state index in [1.165, 1.54) is 5.56 Å². The summed E-state index contributed by atoms with van der Waals surface area (Å²) in [6, 6.07) is 7.94. The quantitative estimate of drug-likeness (QED) is 0.530. The van der Waals surface area contributed by atoms with Gasteiger partial charge in [0, 0.05) is 6.42 Å². The Hall–Kier alpha value is -1.11. The van der Waals surface area contributed by atoms with Crippen LogP contribution in [0.2, 0.25) is 0 Å². The van der Waals surface area contributed by atoms with E-state index in [-0.39, 0.29) is 5.83 Å². The first-order valence-corrected chi connectivity index (χ1v) is 3.80. The van der Waals surface area contributed by atoms with Crippen LogP contribution in [-0.4, -0.2) is 0 Å². The van der Waals surface area contributed by atoms with Gasteiger partial charge in [-0.05, 0) is 23.6 Å². The van der Waals surface area contributed by atoms with Crippen molar-refractivity contribution < 1.29 is 4.39 Å². The average molecular weight is 148 g/mol. The molecule has 1 aliphatic rings. The van der Waals surface area contributed by atoms with Gasteiger partial charge in [-0.25, -0.2) is 4.39 Å². The highest BCUT2D eigenvalue weighted by atomic mass is 19.1. The molecule has 0 atom stereocenters. The Kier molecular flexibility index (Phi) is 1.50. The largest absolute Gasteiger partial charge is 0.212 e. The molecule has 0 radical (unpaired) electrons. The first-order chi connectivity index (χ1) is 5.36. The molecule has 0 amide bonds. The summed E-state index contributed by atoms with van der Waals surface area (Å²) in [6.07, 6.45) is 3.04. The molecule has 0 spiro atoms. The number of rotatable bonds is 0. The highest BCUT2D eigenvalue weighted by Crippen LogP contribution is 2.23. The van der Waals surface area contributed by atoms with Crippen molar-refractivity contribution in [1.29, 1.82) is 0 Å². The number of hydrogen-bond acceptors (Lipinski definition) is 0.